The summed E-state index contributed by atoms with van der Waals surface area (Å²) in [5, 5.41) is 1.02. The van der Waals surface area contributed by atoms with Crippen LogP contribution in [0, 0.1) is 0 Å². The molecule has 0 bridgehead atoms. The molecular weight excluding hydrogens is 226 g/mol. The summed E-state index contributed by atoms with van der Waals surface area (Å²) in [6, 6.07) is 11.1. The lowest BCUT2D eigenvalue weighted by Gasteiger charge is -2.11. The summed E-state index contributed by atoms with van der Waals surface area (Å²) < 4.78 is 1.40. The van der Waals surface area contributed by atoms with E-state index >= 15 is 0 Å². The fourth-order valence-corrected chi connectivity index (χ4v) is 1.98. The average Bonchev–Trinajstić information content (AvgIpc) is 2.41. The van der Waals surface area contributed by atoms with E-state index in [1.807, 2.05) is 30.3 Å². The Morgan fingerprint density at radius 1 is 1.06 bits per heavy atom. The third-order valence-corrected chi connectivity index (χ3v) is 2.98. The van der Waals surface area contributed by atoms with Crippen molar-refractivity contribution in [3.05, 3.63) is 46.8 Å². The molecule has 2 aromatic rings. The maximum absolute atomic E-state index is 11.8. The number of rotatable bonds is 6. The number of para-hydroxylation sites is 1. The van der Waals surface area contributed by atoms with E-state index in [0.29, 0.717) is 6.61 Å². The average molecular weight is 245 g/mol. The molecule has 0 unspecified atom stereocenters. The molecule has 18 heavy (non-hydrogen) atoms. The molecule has 1 aromatic carbocycles. The summed E-state index contributed by atoms with van der Waals surface area (Å²) in [7, 11) is 0. The van der Waals surface area contributed by atoms with Gasteiger partial charge in [0.15, 0.2) is 0 Å². The lowest BCUT2D eigenvalue weighted by Crippen LogP contribution is -2.27. The smallest absolute Gasteiger partial charge is 0.283 e. The Labute approximate surface area is 107 Å². The lowest BCUT2D eigenvalue weighted by atomic mass is 10.2. The quantitative estimate of drug-likeness (QED) is 0.732. The molecule has 3 nitrogen and oxygen atoms in total. The van der Waals surface area contributed by atoms with Gasteiger partial charge in [0.1, 0.15) is 6.61 Å². The Balaban J connectivity index is 2.12. The number of fused-ring (bicyclic) bond motifs is 1. The number of hydrogen-bond acceptors (Lipinski definition) is 2. The molecule has 3 heteroatoms. The predicted molar refractivity (Wildman–Crippen MR) is 73.8 cm³/mol. The lowest BCUT2D eigenvalue weighted by molar-refractivity contribution is 0.108. The molecular formula is C15H19NO2. The van der Waals surface area contributed by atoms with Crippen LogP contribution >= 0.6 is 0 Å². The molecule has 0 radical (unpaired) electrons. The van der Waals surface area contributed by atoms with Crippen molar-refractivity contribution in [3.63, 3.8) is 0 Å². The third kappa shape index (κ3) is 2.92. The number of unbranched alkanes of at least 4 members (excludes halogenated alkanes) is 3. The van der Waals surface area contributed by atoms with Crippen LogP contribution in [0.25, 0.3) is 10.9 Å². The van der Waals surface area contributed by atoms with Crippen LogP contribution in [0.1, 0.15) is 32.6 Å². The Bertz CT molecular complexity index is 560. The highest BCUT2D eigenvalue weighted by Crippen LogP contribution is 2.09. The summed E-state index contributed by atoms with van der Waals surface area (Å²) in [6.45, 7) is 2.77. The molecule has 96 valence electrons. The largest absolute Gasteiger partial charge is 0.410 e. The predicted octanol–water partition coefficient (Wildman–Crippen LogP) is 3.01. The monoisotopic (exact) mass is 245 g/mol. The normalized spacial score (nSPS) is 10.7. The minimum atomic E-state index is -0.107. The van der Waals surface area contributed by atoms with Crippen molar-refractivity contribution in [1.82, 2.24) is 4.73 Å². The SMILES string of the molecule is CCCCCCOn1c(=O)ccc2ccccc21. The molecule has 2 rings (SSSR count). The third-order valence-electron chi connectivity index (χ3n) is 2.98. The zero-order valence-corrected chi connectivity index (χ0v) is 10.8. The van der Waals surface area contributed by atoms with E-state index < -0.39 is 0 Å². The molecule has 1 heterocycles. The maximum Gasteiger partial charge on any atom is 0.283 e. The van der Waals surface area contributed by atoms with Crippen molar-refractivity contribution in [2.75, 3.05) is 6.61 Å². The first-order chi connectivity index (χ1) is 8.83. The molecule has 0 spiro atoms. The number of nitrogens with zero attached hydrogens (tertiary/aromatic N) is 1. The van der Waals surface area contributed by atoms with Crippen LogP contribution in [0.4, 0.5) is 0 Å². The molecule has 0 saturated heterocycles. The van der Waals surface area contributed by atoms with Gasteiger partial charge in [0.25, 0.3) is 5.56 Å². The fourth-order valence-electron chi connectivity index (χ4n) is 1.98. The van der Waals surface area contributed by atoms with E-state index in [2.05, 4.69) is 6.92 Å². The molecule has 0 aliphatic carbocycles. The van der Waals surface area contributed by atoms with E-state index in [-0.39, 0.29) is 5.56 Å². The van der Waals surface area contributed by atoms with Gasteiger partial charge in [-0.05, 0) is 25.0 Å². The standard InChI is InChI=1S/C15H19NO2/c1-2-3-4-7-12-18-16-14-9-6-5-8-13(14)10-11-15(16)17/h5-6,8-11H,2-4,7,12H2,1H3. The highest BCUT2D eigenvalue weighted by atomic mass is 16.7. The number of pyridine rings is 1. The van der Waals surface area contributed by atoms with Crippen LogP contribution < -0.4 is 10.4 Å². The fraction of sp³-hybridized carbons (Fsp3) is 0.400. The first-order valence-electron chi connectivity index (χ1n) is 6.57. The van der Waals surface area contributed by atoms with E-state index in [4.69, 9.17) is 4.84 Å². The van der Waals surface area contributed by atoms with E-state index in [1.54, 1.807) is 6.07 Å². The minimum Gasteiger partial charge on any atom is -0.410 e. The first-order valence-corrected chi connectivity index (χ1v) is 6.57. The van der Waals surface area contributed by atoms with Gasteiger partial charge < -0.3 is 4.84 Å². The molecule has 0 aliphatic rings. The molecule has 0 fully saturated rings. The summed E-state index contributed by atoms with van der Waals surface area (Å²) in [5.41, 5.74) is 0.727. The van der Waals surface area contributed by atoms with Crippen molar-refractivity contribution in [3.8, 4) is 0 Å². The summed E-state index contributed by atoms with van der Waals surface area (Å²) in [6.07, 6.45) is 4.56. The van der Waals surface area contributed by atoms with Gasteiger partial charge >= 0.3 is 0 Å². The van der Waals surface area contributed by atoms with Gasteiger partial charge in [0.2, 0.25) is 0 Å². The van der Waals surface area contributed by atoms with Crippen LogP contribution in [0.2, 0.25) is 0 Å². The van der Waals surface area contributed by atoms with Crippen LogP contribution in [-0.4, -0.2) is 11.3 Å². The molecule has 1 aromatic heterocycles. The molecule has 0 amide bonds. The van der Waals surface area contributed by atoms with Crippen LogP contribution in [0.5, 0.6) is 0 Å². The van der Waals surface area contributed by atoms with Gasteiger partial charge in [0.05, 0.1) is 5.52 Å². The first kappa shape index (κ1) is 12.7. The van der Waals surface area contributed by atoms with E-state index in [9.17, 15) is 4.79 Å². The van der Waals surface area contributed by atoms with Gasteiger partial charge in [-0.3, -0.25) is 4.79 Å². The molecule has 0 atom stereocenters. The summed E-state index contributed by atoms with van der Waals surface area (Å²) in [5.74, 6) is 0. The summed E-state index contributed by atoms with van der Waals surface area (Å²) in [4.78, 5) is 17.4. The van der Waals surface area contributed by atoms with Crippen LogP contribution in [-0.2, 0) is 0 Å². The van der Waals surface area contributed by atoms with Crippen molar-refractivity contribution in [1.29, 1.82) is 0 Å². The van der Waals surface area contributed by atoms with Crippen LogP contribution in [0.15, 0.2) is 41.2 Å². The second-order valence-electron chi connectivity index (χ2n) is 4.42. The van der Waals surface area contributed by atoms with Crippen molar-refractivity contribution >= 4 is 10.9 Å². The number of hydrogen-bond donors (Lipinski definition) is 0. The Morgan fingerprint density at radius 2 is 1.89 bits per heavy atom. The Hall–Kier alpha value is -1.77. The van der Waals surface area contributed by atoms with Crippen molar-refractivity contribution in [2.45, 2.75) is 32.6 Å². The van der Waals surface area contributed by atoms with Crippen molar-refractivity contribution in [2.24, 2.45) is 0 Å². The highest BCUT2D eigenvalue weighted by Gasteiger charge is 2.02. The zero-order valence-electron chi connectivity index (χ0n) is 10.8. The Morgan fingerprint density at radius 3 is 2.72 bits per heavy atom. The molecule has 0 aliphatic heterocycles. The van der Waals surface area contributed by atoms with E-state index in [1.165, 1.54) is 17.6 Å². The van der Waals surface area contributed by atoms with Gasteiger partial charge in [-0.25, -0.2) is 0 Å². The minimum absolute atomic E-state index is 0.107. The summed E-state index contributed by atoms with van der Waals surface area (Å²) >= 11 is 0. The van der Waals surface area contributed by atoms with Gasteiger partial charge in [-0.1, -0.05) is 38.0 Å². The topological polar surface area (TPSA) is 31.2 Å². The molecule has 0 N–H and O–H groups in total. The van der Waals surface area contributed by atoms with Crippen LogP contribution in [0.3, 0.4) is 0 Å². The van der Waals surface area contributed by atoms with Gasteiger partial charge in [-0.2, -0.15) is 0 Å². The van der Waals surface area contributed by atoms with Gasteiger partial charge in [0, 0.05) is 11.5 Å². The molecule has 0 saturated carbocycles. The number of benzene rings is 1. The second-order valence-corrected chi connectivity index (χ2v) is 4.42. The second kappa shape index (κ2) is 6.24. The van der Waals surface area contributed by atoms with Gasteiger partial charge in [-0.15, -0.1) is 4.73 Å². The van der Waals surface area contributed by atoms with Crippen molar-refractivity contribution < 1.29 is 4.84 Å². The van der Waals surface area contributed by atoms with E-state index in [0.717, 1.165) is 23.7 Å². The Kier molecular flexibility index (Phi) is 4.40. The zero-order chi connectivity index (χ0) is 12.8. The maximum atomic E-state index is 11.8. The highest BCUT2D eigenvalue weighted by molar-refractivity contribution is 5.78. The number of aromatic nitrogens is 1.